The minimum atomic E-state index is 0.449. The third-order valence-electron chi connectivity index (χ3n) is 3.79. The number of hydrogen-bond acceptors (Lipinski definition) is 5. The molecule has 4 rings (SSSR count). The molecular formula is C20H25BrClN3S2. The molecule has 0 aliphatic heterocycles. The summed E-state index contributed by atoms with van der Waals surface area (Å²) in [5.74, 6) is 0. The number of hydrogen-bond donors (Lipinski definition) is 2. The number of thiophene rings is 2. The fraction of sp³-hybridized carbons (Fsp3) is 0.350. The fourth-order valence-corrected chi connectivity index (χ4v) is 4.89. The minimum Gasteiger partial charge on any atom is -0.379 e. The Balaban J connectivity index is 0.000000244. The SMILES string of the molecule is CC.Clc1cc(NCc2cccs2)c2scc(Br)c2n1.NC1CC=CCC1. The summed E-state index contributed by atoms with van der Waals surface area (Å²) in [7, 11) is 0. The summed E-state index contributed by atoms with van der Waals surface area (Å²) in [6, 6.07) is 6.49. The zero-order valence-electron chi connectivity index (χ0n) is 15.5. The maximum Gasteiger partial charge on any atom is 0.131 e. The van der Waals surface area contributed by atoms with E-state index in [-0.39, 0.29) is 0 Å². The van der Waals surface area contributed by atoms with Crippen molar-refractivity contribution in [1.82, 2.24) is 4.98 Å². The quantitative estimate of drug-likeness (QED) is 0.298. The van der Waals surface area contributed by atoms with Crippen LogP contribution in [0.25, 0.3) is 10.2 Å². The molecule has 1 atom stereocenters. The van der Waals surface area contributed by atoms with E-state index in [1.54, 1.807) is 22.7 Å². The third kappa shape index (κ3) is 6.88. The van der Waals surface area contributed by atoms with Crippen molar-refractivity contribution in [2.24, 2.45) is 5.73 Å². The maximum atomic E-state index is 6.05. The molecule has 3 N–H and O–H groups in total. The zero-order valence-corrected chi connectivity index (χ0v) is 19.5. The summed E-state index contributed by atoms with van der Waals surface area (Å²) in [5.41, 5.74) is 7.54. The summed E-state index contributed by atoms with van der Waals surface area (Å²) in [6.45, 7) is 4.81. The van der Waals surface area contributed by atoms with Crippen LogP contribution in [0.1, 0.15) is 38.0 Å². The average molecular weight is 487 g/mol. The molecule has 0 aromatic carbocycles. The first-order valence-corrected chi connectivity index (χ1v) is 12.0. The Morgan fingerprint density at radius 2 is 2.15 bits per heavy atom. The van der Waals surface area contributed by atoms with Crippen molar-refractivity contribution in [2.75, 3.05) is 5.32 Å². The standard InChI is InChI=1S/C12H8BrClN2S2.C6H11N.C2H6/c13-8-6-18-12-9(4-10(14)16-11(8)12)15-5-7-2-1-3-17-7;7-6-4-2-1-3-5-6;1-2/h1-4,6H,5H2,(H,15,16);1-2,6H,3-5,7H2;1-2H3. The van der Waals surface area contributed by atoms with E-state index in [1.807, 2.05) is 25.3 Å². The Hall–Kier alpha value is -0.920. The Morgan fingerprint density at radius 3 is 2.74 bits per heavy atom. The molecule has 3 heterocycles. The number of anilines is 1. The number of rotatable bonds is 3. The first kappa shape index (κ1) is 22.4. The zero-order chi connectivity index (χ0) is 19.6. The van der Waals surface area contributed by atoms with Gasteiger partial charge in [-0.05, 0) is 46.6 Å². The van der Waals surface area contributed by atoms with Gasteiger partial charge in [-0.25, -0.2) is 4.98 Å². The van der Waals surface area contributed by atoms with Crippen LogP contribution in [0.2, 0.25) is 5.15 Å². The number of allylic oxidation sites excluding steroid dienone is 1. The molecule has 0 saturated heterocycles. The van der Waals surface area contributed by atoms with Crippen molar-refractivity contribution in [1.29, 1.82) is 0 Å². The summed E-state index contributed by atoms with van der Waals surface area (Å²) in [5, 5.41) is 8.04. The van der Waals surface area contributed by atoms with Crippen LogP contribution in [0.15, 0.2) is 45.6 Å². The number of pyridine rings is 1. The topological polar surface area (TPSA) is 50.9 Å². The van der Waals surface area contributed by atoms with Gasteiger partial charge in [0.1, 0.15) is 5.15 Å². The molecule has 0 radical (unpaired) electrons. The Labute approximate surface area is 182 Å². The molecule has 0 amide bonds. The van der Waals surface area contributed by atoms with Gasteiger partial charge in [-0.2, -0.15) is 0 Å². The van der Waals surface area contributed by atoms with Crippen LogP contribution in [0.4, 0.5) is 5.69 Å². The summed E-state index contributed by atoms with van der Waals surface area (Å²) in [6.07, 6.45) is 7.80. The first-order chi connectivity index (χ1) is 13.1. The van der Waals surface area contributed by atoms with E-state index in [4.69, 9.17) is 17.3 Å². The Morgan fingerprint density at radius 1 is 1.33 bits per heavy atom. The van der Waals surface area contributed by atoms with Gasteiger partial charge in [0.15, 0.2) is 0 Å². The number of nitrogens with one attached hydrogen (secondary N) is 1. The third-order valence-corrected chi connectivity index (χ3v) is 6.77. The lowest BCUT2D eigenvalue weighted by molar-refractivity contribution is 0.606. The van der Waals surface area contributed by atoms with Gasteiger partial charge in [-0.3, -0.25) is 0 Å². The summed E-state index contributed by atoms with van der Waals surface area (Å²) < 4.78 is 2.12. The van der Waals surface area contributed by atoms with Crippen LogP contribution < -0.4 is 11.1 Å². The molecule has 0 spiro atoms. The second-order valence-corrected chi connectivity index (χ2v) is 8.88. The fourth-order valence-electron chi connectivity index (χ4n) is 2.49. The van der Waals surface area contributed by atoms with Gasteiger partial charge < -0.3 is 11.1 Å². The molecule has 1 aliphatic rings. The van der Waals surface area contributed by atoms with Crippen molar-refractivity contribution in [3.8, 4) is 0 Å². The Bertz CT molecular complexity index is 846. The predicted molar refractivity (Wildman–Crippen MR) is 126 cm³/mol. The largest absolute Gasteiger partial charge is 0.379 e. The number of nitrogens with two attached hydrogens (primary N) is 1. The summed E-state index contributed by atoms with van der Waals surface area (Å²) in [4.78, 5) is 5.63. The van der Waals surface area contributed by atoms with Crippen LogP contribution in [-0.2, 0) is 6.54 Å². The smallest absolute Gasteiger partial charge is 0.131 e. The van der Waals surface area contributed by atoms with E-state index in [9.17, 15) is 0 Å². The van der Waals surface area contributed by atoms with Crippen LogP contribution >= 0.6 is 50.2 Å². The van der Waals surface area contributed by atoms with Crippen LogP contribution in [-0.4, -0.2) is 11.0 Å². The van der Waals surface area contributed by atoms with Gasteiger partial charge >= 0.3 is 0 Å². The summed E-state index contributed by atoms with van der Waals surface area (Å²) >= 11 is 12.9. The van der Waals surface area contributed by atoms with Gasteiger partial charge in [-0.15, -0.1) is 22.7 Å². The molecule has 27 heavy (non-hydrogen) atoms. The van der Waals surface area contributed by atoms with E-state index in [2.05, 4.69) is 55.9 Å². The Kier molecular flexibility index (Phi) is 9.79. The highest BCUT2D eigenvalue weighted by atomic mass is 79.9. The molecular weight excluding hydrogens is 462 g/mol. The molecule has 0 saturated carbocycles. The highest BCUT2D eigenvalue weighted by Crippen LogP contribution is 2.35. The second kappa shape index (κ2) is 11.8. The van der Waals surface area contributed by atoms with Gasteiger partial charge in [-0.1, -0.05) is 43.7 Å². The van der Waals surface area contributed by atoms with Gasteiger partial charge in [0.2, 0.25) is 0 Å². The van der Waals surface area contributed by atoms with E-state index in [0.29, 0.717) is 11.2 Å². The normalized spacial score (nSPS) is 15.5. The molecule has 7 heteroatoms. The molecule has 146 valence electrons. The molecule has 1 aliphatic carbocycles. The number of fused-ring (bicyclic) bond motifs is 1. The van der Waals surface area contributed by atoms with E-state index >= 15 is 0 Å². The van der Waals surface area contributed by atoms with Gasteiger partial charge in [0.25, 0.3) is 0 Å². The molecule has 3 nitrogen and oxygen atoms in total. The monoisotopic (exact) mass is 485 g/mol. The van der Waals surface area contributed by atoms with E-state index < -0.39 is 0 Å². The molecule has 0 bridgehead atoms. The lowest BCUT2D eigenvalue weighted by Gasteiger charge is -2.09. The van der Waals surface area contributed by atoms with Crippen LogP contribution in [0.3, 0.4) is 0 Å². The number of aromatic nitrogens is 1. The van der Waals surface area contributed by atoms with Crippen molar-refractivity contribution in [3.05, 3.63) is 55.6 Å². The molecule has 0 fully saturated rings. The van der Waals surface area contributed by atoms with Crippen LogP contribution in [0.5, 0.6) is 0 Å². The maximum absolute atomic E-state index is 6.05. The molecule has 1 unspecified atom stereocenters. The van der Waals surface area contributed by atoms with Crippen molar-refractivity contribution >= 4 is 66.1 Å². The minimum absolute atomic E-state index is 0.449. The second-order valence-electron chi connectivity index (χ2n) is 5.73. The number of halogens is 2. The first-order valence-electron chi connectivity index (χ1n) is 9.03. The van der Waals surface area contributed by atoms with Gasteiger partial charge in [0.05, 0.1) is 20.4 Å². The van der Waals surface area contributed by atoms with Crippen molar-refractivity contribution < 1.29 is 0 Å². The van der Waals surface area contributed by atoms with E-state index in [1.165, 1.54) is 17.7 Å². The highest BCUT2D eigenvalue weighted by molar-refractivity contribution is 9.10. The number of nitrogens with zero attached hydrogens (tertiary/aromatic N) is 1. The average Bonchev–Trinajstić information content (AvgIpc) is 3.33. The predicted octanol–water partition coefficient (Wildman–Crippen LogP) is 7.47. The lowest BCUT2D eigenvalue weighted by atomic mass is 10.0. The molecule has 3 aromatic rings. The highest BCUT2D eigenvalue weighted by Gasteiger charge is 2.10. The van der Waals surface area contributed by atoms with Crippen LogP contribution in [0, 0.1) is 0 Å². The van der Waals surface area contributed by atoms with E-state index in [0.717, 1.165) is 33.3 Å². The molecule has 3 aromatic heterocycles. The lowest BCUT2D eigenvalue weighted by Crippen LogP contribution is -2.19. The van der Waals surface area contributed by atoms with Crippen molar-refractivity contribution in [2.45, 2.75) is 45.7 Å². The van der Waals surface area contributed by atoms with Crippen molar-refractivity contribution in [3.63, 3.8) is 0 Å². The van der Waals surface area contributed by atoms with Gasteiger partial charge in [0, 0.05) is 28.9 Å².